The summed E-state index contributed by atoms with van der Waals surface area (Å²) in [5, 5.41) is 3.53. The van der Waals surface area contributed by atoms with E-state index in [1.54, 1.807) is 0 Å². The van der Waals surface area contributed by atoms with Crippen molar-refractivity contribution >= 4 is 5.78 Å². The van der Waals surface area contributed by atoms with Crippen LogP contribution in [0.15, 0.2) is 11.6 Å². The van der Waals surface area contributed by atoms with E-state index >= 15 is 0 Å². The molecule has 1 aliphatic carbocycles. The van der Waals surface area contributed by atoms with Gasteiger partial charge >= 0.3 is 0 Å². The molecule has 0 bridgehead atoms. The lowest BCUT2D eigenvalue weighted by Gasteiger charge is -2.23. The van der Waals surface area contributed by atoms with Gasteiger partial charge in [0.25, 0.3) is 0 Å². The zero-order valence-corrected chi connectivity index (χ0v) is 11.5. The van der Waals surface area contributed by atoms with Gasteiger partial charge in [-0.25, -0.2) is 0 Å². The predicted octanol–water partition coefficient (Wildman–Crippen LogP) is 3.76. The van der Waals surface area contributed by atoms with Gasteiger partial charge in [0.2, 0.25) is 0 Å². The molecular formula is C16H27NO. The highest BCUT2D eigenvalue weighted by Crippen LogP contribution is 2.20. The largest absolute Gasteiger partial charge is 0.314 e. The van der Waals surface area contributed by atoms with Crippen LogP contribution < -0.4 is 5.32 Å². The number of carbonyl (C=O) groups excluding carboxylic acids is 1. The second-order valence-electron chi connectivity index (χ2n) is 5.79. The highest BCUT2D eigenvalue weighted by molar-refractivity contribution is 5.95. The molecule has 2 aliphatic rings. The van der Waals surface area contributed by atoms with Crippen LogP contribution in [0.1, 0.15) is 70.6 Å². The van der Waals surface area contributed by atoms with Crippen LogP contribution in [0.5, 0.6) is 0 Å². The topological polar surface area (TPSA) is 29.1 Å². The minimum atomic E-state index is 0.421. The smallest absolute Gasteiger partial charge is 0.158 e. The summed E-state index contributed by atoms with van der Waals surface area (Å²) in [6.45, 7) is 1.14. The average Bonchev–Trinajstić information content (AvgIpc) is 2.37. The Balaban J connectivity index is 1.75. The van der Waals surface area contributed by atoms with E-state index in [9.17, 15) is 4.79 Å². The van der Waals surface area contributed by atoms with E-state index in [0.29, 0.717) is 11.8 Å². The number of allylic oxidation sites excluding steroid dienone is 2. The first kappa shape index (κ1) is 13.8. The van der Waals surface area contributed by atoms with Gasteiger partial charge in [-0.3, -0.25) is 4.79 Å². The van der Waals surface area contributed by atoms with E-state index in [1.807, 2.05) is 0 Å². The minimum Gasteiger partial charge on any atom is -0.314 e. The van der Waals surface area contributed by atoms with E-state index in [4.69, 9.17) is 0 Å². The van der Waals surface area contributed by atoms with Crippen LogP contribution in [0.4, 0.5) is 0 Å². The Morgan fingerprint density at radius 3 is 2.89 bits per heavy atom. The van der Waals surface area contributed by atoms with Crippen molar-refractivity contribution in [2.75, 3.05) is 6.54 Å². The van der Waals surface area contributed by atoms with Gasteiger partial charge < -0.3 is 5.32 Å². The molecule has 1 saturated heterocycles. The van der Waals surface area contributed by atoms with Crippen molar-refractivity contribution in [3.05, 3.63) is 11.6 Å². The molecule has 102 valence electrons. The zero-order valence-electron chi connectivity index (χ0n) is 11.5. The van der Waals surface area contributed by atoms with Crippen molar-refractivity contribution in [1.82, 2.24) is 5.32 Å². The number of ketones is 1. The van der Waals surface area contributed by atoms with E-state index in [0.717, 1.165) is 37.8 Å². The summed E-state index contributed by atoms with van der Waals surface area (Å²) in [6.07, 6.45) is 15.1. The fourth-order valence-electron chi connectivity index (χ4n) is 3.08. The van der Waals surface area contributed by atoms with Crippen LogP contribution in [0, 0.1) is 0 Å². The monoisotopic (exact) mass is 249 g/mol. The summed E-state index contributed by atoms with van der Waals surface area (Å²) in [7, 11) is 0. The van der Waals surface area contributed by atoms with Crippen LogP contribution in [-0.2, 0) is 4.79 Å². The first-order chi connectivity index (χ1) is 8.86. The van der Waals surface area contributed by atoms with Crippen LogP contribution in [0.3, 0.4) is 0 Å². The number of rotatable bonds is 4. The van der Waals surface area contributed by atoms with Gasteiger partial charge in [0.15, 0.2) is 5.78 Å². The molecule has 0 aromatic rings. The Labute approximate surface area is 111 Å². The van der Waals surface area contributed by atoms with E-state index in [-0.39, 0.29) is 0 Å². The van der Waals surface area contributed by atoms with Gasteiger partial charge in [-0.05, 0) is 57.1 Å². The van der Waals surface area contributed by atoms with Crippen LogP contribution in [-0.4, -0.2) is 18.4 Å². The highest BCUT2D eigenvalue weighted by atomic mass is 16.1. The van der Waals surface area contributed by atoms with Crippen molar-refractivity contribution in [2.45, 2.75) is 76.7 Å². The number of hydrogen-bond acceptors (Lipinski definition) is 2. The van der Waals surface area contributed by atoms with Gasteiger partial charge in [0.1, 0.15) is 0 Å². The van der Waals surface area contributed by atoms with Crippen molar-refractivity contribution in [2.24, 2.45) is 0 Å². The fraction of sp³-hybridized carbons (Fsp3) is 0.812. The summed E-state index contributed by atoms with van der Waals surface area (Å²) in [4.78, 5) is 12.2. The Morgan fingerprint density at radius 2 is 2.06 bits per heavy atom. The Morgan fingerprint density at radius 1 is 1.17 bits per heavy atom. The molecule has 0 spiro atoms. The zero-order chi connectivity index (χ0) is 12.6. The molecule has 0 aromatic carbocycles. The number of hydrogen-bond donors (Lipinski definition) is 1. The molecule has 2 rings (SSSR count). The maximum atomic E-state index is 12.2. The van der Waals surface area contributed by atoms with Gasteiger partial charge in [-0.1, -0.05) is 25.3 Å². The SMILES string of the molecule is O=C(CCC1CCCCN1)C1=CCCCCCC1. The molecule has 2 nitrogen and oxygen atoms in total. The quantitative estimate of drug-likeness (QED) is 0.822. The number of carbonyl (C=O) groups is 1. The van der Waals surface area contributed by atoms with Crippen LogP contribution in [0.2, 0.25) is 0 Å². The molecule has 0 amide bonds. The van der Waals surface area contributed by atoms with Gasteiger partial charge in [-0.2, -0.15) is 0 Å². The van der Waals surface area contributed by atoms with E-state index in [1.165, 1.54) is 44.9 Å². The highest BCUT2D eigenvalue weighted by Gasteiger charge is 2.16. The lowest BCUT2D eigenvalue weighted by Crippen LogP contribution is -2.34. The maximum Gasteiger partial charge on any atom is 0.158 e. The molecule has 0 aromatic heterocycles. The third kappa shape index (κ3) is 4.56. The normalized spacial score (nSPS) is 26.0. The molecule has 1 N–H and O–H groups in total. The molecule has 0 saturated carbocycles. The van der Waals surface area contributed by atoms with Gasteiger partial charge in [0.05, 0.1) is 0 Å². The summed E-state index contributed by atoms with van der Waals surface area (Å²) in [5.41, 5.74) is 1.13. The summed E-state index contributed by atoms with van der Waals surface area (Å²) >= 11 is 0. The fourth-order valence-corrected chi connectivity index (χ4v) is 3.08. The van der Waals surface area contributed by atoms with Crippen LogP contribution >= 0.6 is 0 Å². The summed E-state index contributed by atoms with van der Waals surface area (Å²) < 4.78 is 0. The number of Topliss-reactive ketones (excluding diaryl/α,β-unsaturated/α-hetero) is 1. The van der Waals surface area contributed by atoms with Crippen molar-refractivity contribution in [1.29, 1.82) is 0 Å². The summed E-state index contributed by atoms with van der Waals surface area (Å²) in [6, 6.07) is 0.594. The Kier molecular flexibility index (Phi) is 5.92. The maximum absolute atomic E-state index is 12.2. The molecule has 0 radical (unpaired) electrons. The molecule has 1 aliphatic heterocycles. The van der Waals surface area contributed by atoms with E-state index < -0.39 is 0 Å². The van der Waals surface area contributed by atoms with E-state index in [2.05, 4.69) is 11.4 Å². The average molecular weight is 249 g/mol. The molecule has 1 heterocycles. The number of nitrogens with one attached hydrogen (secondary N) is 1. The molecular weight excluding hydrogens is 222 g/mol. The van der Waals surface area contributed by atoms with Gasteiger partial charge in [-0.15, -0.1) is 0 Å². The van der Waals surface area contributed by atoms with Crippen molar-refractivity contribution in [3.8, 4) is 0 Å². The number of piperidine rings is 1. The first-order valence-electron chi connectivity index (χ1n) is 7.82. The molecule has 1 unspecified atom stereocenters. The Hall–Kier alpha value is -0.630. The second kappa shape index (κ2) is 7.73. The summed E-state index contributed by atoms with van der Waals surface area (Å²) in [5.74, 6) is 0.421. The molecule has 1 fully saturated rings. The Bertz CT molecular complexity index is 289. The lowest BCUT2D eigenvalue weighted by molar-refractivity contribution is -0.116. The lowest BCUT2D eigenvalue weighted by atomic mass is 9.93. The third-order valence-corrected chi connectivity index (χ3v) is 4.28. The van der Waals surface area contributed by atoms with Crippen LogP contribution in [0.25, 0.3) is 0 Å². The molecule has 18 heavy (non-hydrogen) atoms. The van der Waals surface area contributed by atoms with Crippen molar-refractivity contribution in [3.63, 3.8) is 0 Å². The standard InChI is InChI=1S/C16H27NO/c18-16(12-11-15-10-6-7-13-17-15)14-8-4-2-1-3-5-9-14/h8,15,17H,1-7,9-13H2. The molecule has 2 heteroatoms. The third-order valence-electron chi connectivity index (χ3n) is 4.28. The van der Waals surface area contributed by atoms with Gasteiger partial charge in [0, 0.05) is 12.5 Å². The van der Waals surface area contributed by atoms with Crippen molar-refractivity contribution < 1.29 is 4.79 Å². The molecule has 1 atom stereocenters. The second-order valence-corrected chi connectivity index (χ2v) is 5.79. The predicted molar refractivity (Wildman–Crippen MR) is 75.7 cm³/mol. The minimum absolute atomic E-state index is 0.421. The first-order valence-corrected chi connectivity index (χ1v) is 7.82.